The van der Waals surface area contributed by atoms with E-state index in [9.17, 15) is 5.11 Å². The minimum atomic E-state index is 0.310. The molecule has 0 saturated carbocycles. The maximum absolute atomic E-state index is 9.35. The van der Waals surface area contributed by atoms with Crippen molar-refractivity contribution in [2.24, 2.45) is 0 Å². The third-order valence-corrected chi connectivity index (χ3v) is 4.00. The molecule has 1 N–H and O–H groups in total. The summed E-state index contributed by atoms with van der Waals surface area (Å²) in [4.78, 5) is 2.39. The number of benzene rings is 2. The van der Waals surface area contributed by atoms with Crippen molar-refractivity contribution in [3.8, 4) is 16.9 Å². The first-order chi connectivity index (χ1) is 10.7. The molecule has 0 bridgehead atoms. The molecule has 118 valence electrons. The molecule has 0 aliphatic heterocycles. The van der Waals surface area contributed by atoms with E-state index in [0.29, 0.717) is 5.75 Å². The van der Waals surface area contributed by atoms with Crippen molar-refractivity contribution < 1.29 is 5.11 Å². The third-order valence-electron chi connectivity index (χ3n) is 4.00. The highest BCUT2D eigenvalue weighted by molar-refractivity contribution is 5.64. The fraction of sp³-hybridized carbons (Fsp3) is 0.400. The minimum absolute atomic E-state index is 0.310. The standard InChI is InChI=1S/C20H27NO/c1-3-4-5-6-15-21(2)16-17-7-9-18(10-8-17)19-11-13-20(22)14-12-19/h7-14,22H,3-6,15-16H2,1-2H3. The molecule has 2 nitrogen and oxygen atoms in total. The molecule has 0 atom stereocenters. The Kier molecular flexibility index (Phi) is 6.47. The molecular formula is C20H27NO. The summed E-state index contributed by atoms with van der Waals surface area (Å²) >= 11 is 0. The van der Waals surface area contributed by atoms with Crippen LogP contribution in [0.3, 0.4) is 0 Å². The van der Waals surface area contributed by atoms with Crippen LogP contribution in [-0.4, -0.2) is 23.6 Å². The van der Waals surface area contributed by atoms with Crippen LogP contribution in [0, 0.1) is 0 Å². The predicted octanol–water partition coefficient (Wildman–Crippen LogP) is 5.07. The molecule has 0 aromatic heterocycles. The lowest BCUT2D eigenvalue weighted by molar-refractivity contribution is 0.317. The van der Waals surface area contributed by atoms with Gasteiger partial charge in [0.15, 0.2) is 0 Å². The van der Waals surface area contributed by atoms with E-state index in [1.807, 2.05) is 12.1 Å². The zero-order valence-corrected chi connectivity index (χ0v) is 13.8. The van der Waals surface area contributed by atoms with E-state index in [2.05, 4.69) is 43.1 Å². The van der Waals surface area contributed by atoms with Crippen LogP contribution >= 0.6 is 0 Å². The van der Waals surface area contributed by atoms with Crippen molar-refractivity contribution >= 4 is 0 Å². The first-order valence-corrected chi connectivity index (χ1v) is 8.26. The quantitative estimate of drug-likeness (QED) is 0.687. The molecule has 22 heavy (non-hydrogen) atoms. The molecule has 2 rings (SSSR count). The summed E-state index contributed by atoms with van der Waals surface area (Å²) in [5, 5.41) is 9.35. The molecule has 0 spiro atoms. The number of unbranched alkanes of at least 4 members (excludes halogenated alkanes) is 3. The van der Waals surface area contributed by atoms with Crippen molar-refractivity contribution in [1.29, 1.82) is 0 Å². The molecule has 2 aromatic rings. The molecule has 0 saturated heterocycles. The summed E-state index contributed by atoms with van der Waals surface area (Å²) in [6, 6.07) is 16.1. The predicted molar refractivity (Wildman–Crippen MR) is 94.0 cm³/mol. The average molecular weight is 297 g/mol. The Morgan fingerprint density at radius 2 is 1.41 bits per heavy atom. The summed E-state index contributed by atoms with van der Waals surface area (Å²) in [7, 11) is 2.19. The van der Waals surface area contributed by atoms with Gasteiger partial charge in [-0.1, -0.05) is 62.6 Å². The minimum Gasteiger partial charge on any atom is -0.508 e. The number of hydrogen-bond acceptors (Lipinski definition) is 2. The lowest BCUT2D eigenvalue weighted by atomic mass is 10.0. The molecule has 2 aromatic carbocycles. The molecule has 0 aliphatic rings. The average Bonchev–Trinajstić information content (AvgIpc) is 2.53. The van der Waals surface area contributed by atoms with E-state index in [-0.39, 0.29) is 0 Å². The molecule has 2 heteroatoms. The van der Waals surface area contributed by atoms with Gasteiger partial charge in [0.2, 0.25) is 0 Å². The Morgan fingerprint density at radius 1 is 0.818 bits per heavy atom. The summed E-state index contributed by atoms with van der Waals surface area (Å²) < 4.78 is 0. The third kappa shape index (κ3) is 5.19. The van der Waals surface area contributed by atoms with E-state index < -0.39 is 0 Å². The van der Waals surface area contributed by atoms with Crippen LogP contribution < -0.4 is 0 Å². The topological polar surface area (TPSA) is 23.5 Å². The van der Waals surface area contributed by atoms with Crippen molar-refractivity contribution in [2.75, 3.05) is 13.6 Å². The highest BCUT2D eigenvalue weighted by Crippen LogP contribution is 2.22. The number of hydrogen-bond donors (Lipinski definition) is 1. The fourth-order valence-corrected chi connectivity index (χ4v) is 2.66. The van der Waals surface area contributed by atoms with Gasteiger partial charge in [0.1, 0.15) is 5.75 Å². The lowest BCUT2D eigenvalue weighted by Gasteiger charge is -2.16. The normalized spacial score (nSPS) is 11.0. The molecule has 0 heterocycles. The second-order valence-corrected chi connectivity index (χ2v) is 6.04. The Bertz CT molecular complexity index is 545. The van der Waals surface area contributed by atoms with Crippen LogP contribution in [0.25, 0.3) is 11.1 Å². The van der Waals surface area contributed by atoms with E-state index in [1.165, 1.54) is 43.4 Å². The van der Waals surface area contributed by atoms with E-state index >= 15 is 0 Å². The van der Waals surface area contributed by atoms with Gasteiger partial charge in [-0.05, 0) is 48.8 Å². The Morgan fingerprint density at radius 3 is 2.00 bits per heavy atom. The molecule has 0 aliphatic carbocycles. The second-order valence-electron chi connectivity index (χ2n) is 6.04. The largest absolute Gasteiger partial charge is 0.508 e. The van der Waals surface area contributed by atoms with Gasteiger partial charge in [-0.3, -0.25) is 0 Å². The molecule has 0 fully saturated rings. The number of aromatic hydroxyl groups is 1. The molecule has 0 unspecified atom stereocenters. The molecular weight excluding hydrogens is 270 g/mol. The van der Waals surface area contributed by atoms with Crippen molar-refractivity contribution in [3.05, 3.63) is 54.1 Å². The highest BCUT2D eigenvalue weighted by Gasteiger charge is 2.02. The Labute approximate surface area is 134 Å². The van der Waals surface area contributed by atoms with Crippen LogP contribution in [0.5, 0.6) is 5.75 Å². The number of phenolic OH excluding ortho intramolecular Hbond substituents is 1. The SMILES string of the molecule is CCCCCCN(C)Cc1ccc(-c2ccc(O)cc2)cc1. The van der Waals surface area contributed by atoms with Crippen molar-refractivity contribution in [3.63, 3.8) is 0 Å². The van der Waals surface area contributed by atoms with Gasteiger partial charge in [-0.25, -0.2) is 0 Å². The van der Waals surface area contributed by atoms with Crippen LogP contribution in [0.15, 0.2) is 48.5 Å². The van der Waals surface area contributed by atoms with Crippen molar-refractivity contribution in [1.82, 2.24) is 4.90 Å². The van der Waals surface area contributed by atoms with Gasteiger partial charge in [-0.15, -0.1) is 0 Å². The first-order valence-electron chi connectivity index (χ1n) is 8.26. The second kappa shape index (κ2) is 8.60. The smallest absolute Gasteiger partial charge is 0.115 e. The Hall–Kier alpha value is -1.80. The van der Waals surface area contributed by atoms with Gasteiger partial charge in [0.05, 0.1) is 0 Å². The van der Waals surface area contributed by atoms with Gasteiger partial charge in [0.25, 0.3) is 0 Å². The van der Waals surface area contributed by atoms with E-state index in [4.69, 9.17) is 0 Å². The lowest BCUT2D eigenvalue weighted by Crippen LogP contribution is -2.18. The van der Waals surface area contributed by atoms with E-state index in [0.717, 1.165) is 12.1 Å². The highest BCUT2D eigenvalue weighted by atomic mass is 16.3. The zero-order chi connectivity index (χ0) is 15.8. The zero-order valence-electron chi connectivity index (χ0n) is 13.8. The maximum atomic E-state index is 9.35. The maximum Gasteiger partial charge on any atom is 0.115 e. The van der Waals surface area contributed by atoms with E-state index in [1.54, 1.807) is 12.1 Å². The number of rotatable bonds is 8. The summed E-state index contributed by atoms with van der Waals surface area (Å²) in [6.07, 6.45) is 5.26. The number of nitrogens with zero attached hydrogens (tertiary/aromatic N) is 1. The fourth-order valence-electron chi connectivity index (χ4n) is 2.66. The summed E-state index contributed by atoms with van der Waals surface area (Å²) in [5.41, 5.74) is 3.67. The van der Waals surface area contributed by atoms with Gasteiger partial charge in [0, 0.05) is 6.54 Å². The summed E-state index contributed by atoms with van der Waals surface area (Å²) in [6.45, 7) is 4.42. The first kappa shape index (κ1) is 16.6. The monoisotopic (exact) mass is 297 g/mol. The van der Waals surface area contributed by atoms with Gasteiger partial charge in [-0.2, -0.15) is 0 Å². The van der Waals surface area contributed by atoms with Crippen molar-refractivity contribution in [2.45, 2.75) is 39.2 Å². The number of phenols is 1. The van der Waals surface area contributed by atoms with Crippen LogP contribution in [0.1, 0.15) is 38.2 Å². The van der Waals surface area contributed by atoms with Gasteiger partial charge >= 0.3 is 0 Å². The Balaban J connectivity index is 1.87. The summed E-state index contributed by atoms with van der Waals surface area (Å²) in [5.74, 6) is 0.310. The molecule has 0 radical (unpaired) electrons. The van der Waals surface area contributed by atoms with Crippen LogP contribution in [-0.2, 0) is 6.54 Å². The van der Waals surface area contributed by atoms with Crippen LogP contribution in [0.4, 0.5) is 0 Å². The molecule has 0 amide bonds. The van der Waals surface area contributed by atoms with Gasteiger partial charge < -0.3 is 10.0 Å². The van der Waals surface area contributed by atoms with Crippen LogP contribution in [0.2, 0.25) is 0 Å².